The molecule has 1 aliphatic carbocycles. The lowest BCUT2D eigenvalue weighted by molar-refractivity contribution is -0.138. The molecule has 0 aliphatic heterocycles. The SMILES string of the molecule is CN(C)CCNC=C1CCC(c2c(C(F)(F)F)ccc(Cl)c2Cl)CC1. The lowest BCUT2D eigenvalue weighted by Gasteiger charge is -2.28. The van der Waals surface area contributed by atoms with Crippen molar-refractivity contribution in [2.75, 3.05) is 27.2 Å². The first-order valence-corrected chi connectivity index (χ1v) is 9.07. The highest BCUT2D eigenvalue weighted by Crippen LogP contribution is 2.46. The molecule has 2 nitrogen and oxygen atoms in total. The average Bonchev–Trinajstić information content (AvgIpc) is 2.53. The molecule has 25 heavy (non-hydrogen) atoms. The number of likely N-dealkylation sites (N-methyl/N-ethyl adjacent to an activating group) is 1. The molecule has 7 heteroatoms. The molecular formula is C18H23Cl2F3N2. The number of nitrogens with zero attached hydrogens (tertiary/aromatic N) is 1. The first kappa shape index (κ1) is 20.4. The molecule has 140 valence electrons. The number of halogens is 5. The van der Waals surface area contributed by atoms with Gasteiger partial charge in [-0.2, -0.15) is 13.2 Å². The summed E-state index contributed by atoms with van der Waals surface area (Å²) in [5.41, 5.74) is 0.728. The van der Waals surface area contributed by atoms with Gasteiger partial charge in [0, 0.05) is 13.1 Å². The summed E-state index contributed by atoms with van der Waals surface area (Å²) >= 11 is 12.1. The minimum atomic E-state index is -4.42. The van der Waals surface area contributed by atoms with E-state index in [1.54, 1.807) is 0 Å². The van der Waals surface area contributed by atoms with E-state index in [9.17, 15) is 13.2 Å². The number of hydrogen-bond acceptors (Lipinski definition) is 2. The fraction of sp³-hybridized carbons (Fsp3) is 0.556. The summed E-state index contributed by atoms with van der Waals surface area (Å²) in [5, 5.41) is 3.48. The standard InChI is InChI=1S/C18H23Cl2F3N2/c1-25(2)10-9-24-11-12-3-5-13(6-4-12)16-14(18(21,22)23)7-8-15(19)17(16)20/h7-8,11,13,24H,3-6,9-10H2,1-2H3. The minimum absolute atomic E-state index is 0.0398. The van der Waals surface area contributed by atoms with Crippen LogP contribution in [0.5, 0.6) is 0 Å². The van der Waals surface area contributed by atoms with Gasteiger partial charge in [-0.25, -0.2) is 0 Å². The van der Waals surface area contributed by atoms with Crippen molar-refractivity contribution < 1.29 is 13.2 Å². The average molecular weight is 395 g/mol. The molecule has 0 heterocycles. The van der Waals surface area contributed by atoms with Crippen LogP contribution in [-0.2, 0) is 6.18 Å². The molecule has 0 spiro atoms. The number of nitrogens with one attached hydrogen (secondary N) is 1. The Morgan fingerprint density at radius 3 is 2.40 bits per heavy atom. The van der Waals surface area contributed by atoms with Gasteiger partial charge >= 0.3 is 6.18 Å². The second kappa shape index (κ2) is 8.65. The molecular weight excluding hydrogens is 372 g/mol. The van der Waals surface area contributed by atoms with Gasteiger partial charge in [-0.1, -0.05) is 28.8 Å². The largest absolute Gasteiger partial charge is 0.416 e. The van der Waals surface area contributed by atoms with E-state index in [4.69, 9.17) is 23.2 Å². The van der Waals surface area contributed by atoms with Crippen LogP contribution in [0.3, 0.4) is 0 Å². The van der Waals surface area contributed by atoms with E-state index in [0.29, 0.717) is 12.8 Å². The first-order chi connectivity index (χ1) is 11.7. The Balaban J connectivity index is 2.08. The second-order valence-corrected chi connectivity index (χ2v) is 7.44. The summed E-state index contributed by atoms with van der Waals surface area (Å²) in [7, 11) is 4.01. The highest BCUT2D eigenvalue weighted by molar-refractivity contribution is 6.42. The van der Waals surface area contributed by atoms with E-state index >= 15 is 0 Å². The second-order valence-electron chi connectivity index (χ2n) is 6.65. The quantitative estimate of drug-likeness (QED) is 0.643. The van der Waals surface area contributed by atoms with E-state index in [-0.39, 0.29) is 21.5 Å². The van der Waals surface area contributed by atoms with Gasteiger partial charge in [0.05, 0.1) is 15.6 Å². The van der Waals surface area contributed by atoms with Crippen molar-refractivity contribution in [3.05, 3.63) is 45.1 Å². The zero-order valence-corrected chi connectivity index (χ0v) is 15.9. The maximum atomic E-state index is 13.3. The van der Waals surface area contributed by atoms with Crippen molar-refractivity contribution in [1.29, 1.82) is 0 Å². The number of benzene rings is 1. The summed E-state index contributed by atoms with van der Waals surface area (Å²) in [6.07, 6.45) is 0.394. The Morgan fingerprint density at radius 2 is 1.84 bits per heavy atom. The lowest BCUT2D eigenvalue weighted by Crippen LogP contribution is -2.24. The number of rotatable bonds is 5. The van der Waals surface area contributed by atoms with Gasteiger partial charge in [-0.15, -0.1) is 0 Å². The smallest absolute Gasteiger partial charge is 0.390 e. The molecule has 0 radical (unpaired) electrons. The van der Waals surface area contributed by atoms with Crippen LogP contribution in [0.25, 0.3) is 0 Å². The predicted octanol–water partition coefficient (Wildman–Crippen LogP) is 5.70. The first-order valence-electron chi connectivity index (χ1n) is 8.31. The minimum Gasteiger partial charge on any atom is -0.390 e. The summed E-state index contributed by atoms with van der Waals surface area (Å²) < 4.78 is 40.0. The van der Waals surface area contributed by atoms with Crippen LogP contribution in [0.4, 0.5) is 13.2 Å². The number of allylic oxidation sites excluding steroid dienone is 1. The van der Waals surface area contributed by atoms with Crippen molar-refractivity contribution in [2.24, 2.45) is 0 Å². The fourth-order valence-electron chi connectivity index (χ4n) is 3.14. The van der Waals surface area contributed by atoms with Crippen LogP contribution in [0, 0.1) is 0 Å². The summed E-state index contributed by atoms with van der Waals surface area (Å²) in [6.45, 7) is 1.78. The Labute approximate surface area is 157 Å². The number of hydrogen-bond donors (Lipinski definition) is 1. The maximum Gasteiger partial charge on any atom is 0.416 e. The van der Waals surface area contributed by atoms with Gasteiger partial charge in [-0.3, -0.25) is 0 Å². The molecule has 1 aliphatic rings. The van der Waals surface area contributed by atoms with Gasteiger partial charge in [0.15, 0.2) is 0 Å². The Hall–Kier alpha value is -0.910. The van der Waals surface area contributed by atoms with E-state index < -0.39 is 11.7 Å². The van der Waals surface area contributed by atoms with Crippen molar-refractivity contribution >= 4 is 23.2 Å². The molecule has 1 N–H and O–H groups in total. The molecule has 1 saturated carbocycles. The van der Waals surface area contributed by atoms with Gasteiger partial charge < -0.3 is 10.2 Å². The van der Waals surface area contributed by atoms with Gasteiger partial charge in [0.25, 0.3) is 0 Å². The molecule has 2 rings (SSSR count). The van der Waals surface area contributed by atoms with Crippen LogP contribution < -0.4 is 5.32 Å². The normalized spacial score (nSPS) is 18.6. The van der Waals surface area contributed by atoms with Crippen molar-refractivity contribution in [3.63, 3.8) is 0 Å². The van der Waals surface area contributed by atoms with Crippen LogP contribution in [0.2, 0.25) is 10.0 Å². The third-order valence-electron chi connectivity index (χ3n) is 4.48. The van der Waals surface area contributed by atoms with Crippen LogP contribution in [-0.4, -0.2) is 32.1 Å². The molecule has 1 aromatic rings. The lowest BCUT2D eigenvalue weighted by atomic mass is 9.80. The number of alkyl halides is 3. The topological polar surface area (TPSA) is 15.3 Å². The molecule has 0 aromatic heterocycles. The zero-order chi connectivity index (χ0) is 18.6. The molecule has 1 aromatic carbocycles. The van der Waals surface area contributed by atoms with E-state index in [0.717, 1.165) is 32.0 Å². The molecule has 1 fully saturated rings. The fourth-order valence-corrected chi connectivity index (χ4v) is 3.62. The van der Waals surface area contributed by atoms with Gasteiger partial charge in [-0.05, 0) is 69.6 Å². The van der Waals surface area contributed by atoms with Crippen molar-refractivity contribution in [1.82, 2.24) is 10.2 Å². The van der Waals surface area contributed by atoms with Gasteiger partial charge in [0.2, 0.25) is 0 Å². The highest BCUT2D eigenvalue weighted by Gasteiger charge is 2.37. The van der Waals surface area contributed by atoms with Crippen molar-refractivity contribution in [3.8, 4) is 0 Å². The Bertz CT molecular complexity index is 617. The van der Waals surface area contributed by atoms with E-state index in [2.05, 4.69) is 10.2 Å². The molecule has 0 atom stereocenters. The summed E-state index contributed by atoms with van der Waals surface area (Å²) in [6, 6.07) is 2.26. The Morgan fingerprint density at radius 1 is 1.20 bits per heavy atom. The van der Waals surface area contributed by atoms with Crippen LogP contribution in [0.15, 0.2) is 23.9 Å². The summed E-state index contributed by atoms with van der Waals surface area (Å²) in [4.78, 5) is 2.09. The zero-order valence-electron chi connectivity index (χ0n) is 14.4. The monoisotopic (exact) mass is 394 g/mol. The van der Waals surface area contributed by atoms with E-state index in [1.165, 1.54) is 11.6 Å². The van der Waals surface area contributed by atoms with Crippen LogP contribution in [0.1, 0.15) is 42.7 Å². The molecule has 0 saturated heterocycles. The summed E-state index contributed by atoms with van der Waals surface area (Å²) in [5.74, 6) is -0.221. The van der Waals surface area contributed by atoms with Crippen LogP contribution >= 0.6 is 23.2 Å². The van der Waals surface area contributed by atoms with Crippen molar-refractivity contribution in [2.45, 2.75) is 37.8 Å². The third kappa shape index (κ3) is 5.53. The maximum absolute atomic E-state index is 13.3. The molecule has 0 bridgehead atoms. The Kier molecular flexibility index (Phi) is 7.06. The predicted molar refractivity (Wildman–Crippen MR) is 97.3 cm³/mol. The third-order valence-corrected chi connectivity index (χ3v) is 5.30. The van der Waals surface area contributed by atoms with Gasteiger partial charge in [0.1, 0.15) is 0 Å². The highest BCUT2D eigenvalue weighted by atomic mass is 35.5. The molecule has 0 unspecified atom stereocenters. The molecule has 0 amide bonds. The van der Waals surface area contributed by atoms with E-state index in [1.807, 2.05) is 20.3 Å².